The molecule has 106 valence electrons. The molecule has 3 aromatic rings. The van der Waals surface area contributed by atoms with E-state index in [9.17, 15) is 0 Å². The van der Waals surface area contributed by atoms with Crippen molar-refractivity contribution in [3.63, 3.8) is 0 Å². The number of nitrogens with one attached hydrogen (secondary N) is 1. The normalized spacial score (nSPS) is 10.7. The van der Waals surface area contributed by atoms with E-state index in [1.54, 1.807) is 17.5 Å². The van der Waals surface area contributed by atoms with Gasteiger partial charge in [0.05, 0.1) is 4.88 Å². The molecule has 0 saturated heterocycles. The van der Waals surface area contributed by atoms with Crippen LogP contribution in [0.4, 0.5) is 0 Å². The summed E-state index contributed by atoms with van der Waals surface area (Å²) in [6.45, 7) is 3.70. The van der Waals surface area contributed by atoms with E-state index < -0.39 is 0 Å². The Balaban J connectivity index is 1.59. The highest BCUT2D eigenvalue weighted by Crippen LogP contribution is 2.26. The van der Waals surface area contributed by atoms with E-state index in [0.29, 0.717) is 0 Å². The molecule has 1 N–H and O–H groups in total. The molecule has 0 spiro atoms. The number of aryl methyl sites for hydroxylation is 1. The zero-order valence-electron chi connectivity index (χ0n) is 11.9. The summed E-state index contributed by atoms with van der Waals surface area (Å²) in [6, 6.07) is 12.6. The van der Waals surface area contributed by atoms with Crippen LogP contribution in [-0.2, 0) is 13.1 Å². The molecule has 2 aromatic heterocycles. The molecule has 2 heterocycles. The van der Waals surface area contributed by atoms with E-state index in [0.717, 1.165) is 18.1 Å². The molecule has 0 unspecified atom stereocenters. The Morgan fingerprint density at radius 1 is 1.05 bits per heavy atom. The molecule has 0 amide bonds. The maximum absolute atomic E-state index is 4.49. The number of rotatable bonds is 5. The van der Waals surface area contributed by atoms with Crippen LogP contribution in [0.3, 0.4) is 0 Å². The standard InChI is InChI=1S/C17H17N3S/c1-13-4-6-15(7-5-13)16-11-20-17(21-16)12-19-10-14-3-2-8-18-9-14/h2-9,11,19H,10,12H2,1H3. The Morgan fingerprint density at radius 2 is 1.90 bits per heavy atom. The van der Waals surface area contributed by atoms with Crippen LogP contribution in [0, 0.1) is 6.92 Å². The van der Waals surface area contributed by atoms with Gasteiger partial charge < -0.3 is 5.32 Å². The molecule has 4 heteroatoms. The molecule has 3 nitrogen and oxygen atoms in total. The molecule has 3 rings (SSSR count). The monoisotopic (exact) mass is 295 g/mol. The zero-order valence-corrected chi connectivity index (χ0v) is 12.7. The van der Waals surface area contributed by atoms with E-state index >= 15 is 0 Å². The summed E-state index contributed by atoms with van der Waals surface area (Å²) >= 11 is 1.74. The molecule has 21 heavy (non-hydrogen) atoms. The Kier molecular flexibility index (Phi) is 4.38. The highest BCUT2D eigenvalue weighted by atomic mass is 32.1. The maximum atomic E-state index is 4.49. The van der Waals surface area contributed by atoms with Crippen LogP contribution in [0.25, 0.3) is 10.4 Å². The summed E-state index contributed by atoms with van der Waals surface area (Å²) in [7, 11) is 0. The predicted octanol–water partition coefficient (Wildman–Crippen LogP) is 3.80. The van der Waals surface area contributed by atoms with Gasteiger partial charge in [-0.2, -0.15) is 0 Å². The van der Waals surface area contributed by atoms with Gasteiger partial charge >= 0.3 is 0 Å². The molecule has 0 aliphatic carbocycles. The van der Waals surface area contributed by atoms with E-state index in [1.165, 1.54) is 21.6 Å². The lowest BCUT2D eigenvalue weighted by Gasteiger charge is -2.01. The van der Waals surface area contributed by atoms with Crippen molar-refractivity contribution in [2.75, 3.05) is 0 Å². The number of thiazole rings is 1. The lowest BCUT2D eigenvalue weighted by Crippen LogP contribution is -2.12. The molecular formula is C17H17N3S. The van der Waals surface area contributed by atoms with Crippen molar-refractivity contribution in [2.24, 2.45) is 0 Å². The molecule has 0 saturated carbocycles. The van der Waals surface area contributed by atoms with Gasteiger partial charge in [0.15, 0.2) is 0 Å². The van der Waals surface area contributed by atoms with Crippen LogP contribution < -0.4 is 5.32 Å². The minimum Gasteiger partial charge on any atom is -0.306 e. The summed E-state index contributed by atoms with van der Waals surface area (Å²) in [5, 5.41) is 4.51. The third kappa shape index (κ3) is 3.74. The molecule has 0 radical (unpaired) electrons. The number of benzene rings is 1. The zero-order chi connectivity index (χ0) is 14.5. The van der Waals surface area contributed by atoms with Gasteiger partial charge in [0.25, 0.3) is 0 Å². The van der Waals surface area contributed by atoms with Crippen LogP contribution in [0.5, 0.6) is 0 Å². The first kappa shape index (κ1) is 13.9. The second kappa shape index (κ2) is 6.61. The molecule has 0 bridgehead atoms. The van der Waals surface area contributed by atoms with Gasteiger partial charge in [0, 0.05) is 31.7 Å². The maximum Gasteiger partial charge on any atom is 0.107 e. The topological polar surface area (TPSA) is 37.8 Å². The van der Waals surface area contributed by atoms with E-state index in [4.69, 9.17) is 0 Å². The van der Waals surface area contributed by atoms with Crippen LogP contribution >= 0.6 is 11.3 Å². The molecule has 0 fully saturated rings. The number of nitrogens with zero attached hydrogens (tertiary/aromatic N) is 2. The minimum absolute atomic E-state index is 0.783. The lowest BCUT2D eigenvalue weighted by atomic mass is 10.1. The highest BCUT2D eigenvalue weighted by molar-refractivity contribution is 7.15. The van der Waals surface area contributed by atoms with Gasteiger partial charge in [-0.05, 0) is 24.1 Å². The van der Waals surface area contributed by atoms with Crippen molar-refractivity contribution < 1.29 is 0 Å². The fourth-order valence-electron chi connectivity index (χ4n) is 2.06. The van der Waals surface area contributed by atoms with Crippen molar-refractivity contribution in [1.29, 1.82) is 0 Å². The fraction of sp³-hybridized carbons (Fsp3) is 0.176. The van der Waals surface area contributed by atoms with Gasteiger partial charge in [-0.25, -0.2) is 4.98 Å². The Hall–Kier alpha value is -2.04. The summed E-state index contributed by atoms with van der Waals surface area (Å²) < 4.78 is 0. The van der Waals surface area contributed by atoms with Gasteiger partial charge in [0.2, 0.25) is 0 Å². The van der Waals surface area contributed by atoms with Crippen LogP contribution in [0.1, 0.15) is 16.1 Å². The Morgan fingerprint density at radius 3 is 2.67 bits per heavy atom. The molecule has 0 atom stereocenters. The van der Waals surface area contributed by atoms with Crippen LogP contribution in [-0.4, -0.2) is 9.97 Å². The van der Waals surface area contributed by atoms with E-state index in [2.05, 4.69) is 52.5 Å². The average molecular weight is 295 g/mol. The van der Waals surface area contributed by atoms with E-state index in [1.807, 2.05) is 18.5 Å². The third-order valence-corrected chi connectivity index (χ3v) is 4.26. The molecular weight excluding hydrogens is 278 g/mol. The number of hydrogen-bond acceptors (Lipinski definition) is 4. The van der Waals surface area contributed by atoms with Crippen LogP contribution in [0.2, 0.25) is 0 Å². The Bertz CT molecular complexity index is 690. The summed E-state index contributed by atoms with van der Waals surface area (Å²) in [6.07, 6.45) is 5.63. The average Bonchev–Trinajstić information content (AvgIpc) is 2.98. The first-order valence-electron chi connectivity index (χ1n) is 6.92. The Labute approximate surface area is 128 Å². The van der Waals surface area contributed by atoms with Crippen molar-refractivity contribution in [1.82, 2.24) is 15.3 Å². The summed E-state index contributed by atoms with van der Waals surface area (Å²) in [5.74, 6) is 0. The smallest absolute Gasteiger partial charge is 0.107 e. The second-order valence-electron chi connectivity index (χ2n) is 4.95. The lowest BCUT2D eigenvalue weighted by molar-refractivity contribution is 0.688. The summed E-state index contributed by atoms with van der Waals surface area (Å²) in [4.78, 5) is 9.81. The van der Waals surface area contributed by atoms with E-state index in [-0.39, 0.29) is 0 Å². The number of pyridine rings is 1. The van der Waals surface area contributed by atoms with Gasteiger partial charge in [-0.15, -0.1) is 11.3 Å². The largest absolute Gasteiger partial charge is 0.306 e. The second-order valence-corrected chi connectivity index (χ2v) is 6.06. The van der Waals surface area contributed by atoms with Gasteiger partial charge in [-0.3, -0.25) is 4.98 Å². The fourth-order valence-corrected chi connectivity index (χ4v) is 2.95. The van der Waals surface area contributed by atoms with Crippen LogP contribution in [0.15, 0.2) is 55.0 Å². The number of hydrogen-bond donors (Lipinski definition) is 1. The van der Waals surface area contributed by atoms with Crippen molar-refractivity contribution in [3.05, 3.63) is 71.1 Å². The highest BCUT2D eigenvalue weighted by Gasteiger charge is 2.04. The van der Waals surface area contributed by atoms with Gasteiger partial charge in [-0.1, -0.05) is 35.9 Å². The minimum atomic E-state index is 0.783. The quantitative estimate of drug-likeness (QED) is 0.778. The first-order valence-corrected chi connectivity index (χ1v) is 7.74. The predicted molar refractivity (Wildman–Crippen MR) is 87.1 cm³/mol. The van der Waals surface area contributed by atoms with Crippen molar-refractivity contribution in [3.8, 4) is 10.4 Å². The third-order valence-electron chi connectivity index (χ3n) is 3.22. The molecule has 0 aliphatic heterocycles. The molecule has 1 aromatic carbocycles. The van der Waals surface area contributed by atoms with Crippen molar-refractivity contribution in [2.45, 2.75) is 20.0 Å². The van der Waals surface area contributed by atoms with Gasteiger partial charge in [0.1, 0.15) is 5.01 Å². The van der Waals surface area contributed by atoms with Crippen molar-refractivity contribution >= 4 is 11.3 Å². The number of aromatic nitrogens is 2. The first-order chi connectivity index (χ1) is 10.3. The molecule has 0 aliphatic rings. The SMILES string of the molecule is Cc1ccc(-c2cnc(CNCc3cccnc3)s2)cc1. The summed E-state index contributed by atoms with van der Waals surface area (Å²) in [5.41, 5.74) is 3.70.